The van der Waals surface area contributed by atoms with Crippen molar-refractivity contribution in [3.05, 3.63) is 59.1 Å². The van der Waals surface area contributed by atoms with Crippen molar-refractivity contribution in [2.75, 3.05) is 19.1 Å². The zero-order chi connectivity index (χ0) is 21.8. The Morgan fingerprint density at radius 3 is 2.77 bits per heavy atom. The van der Waals surface area contributed by atoms with Gasteiger partial charge in [-0.25, -0.2) is 4.68 Å². The van der Waals surface area contributed by atoms with Crippen molar-refractivity contribution in [3.8, 4) is 17.1 Å². The van der Waals surface area contributed by atoms with Gasteiger partial charge in [0.25, 0.3) is 0 Å². The molecule has 1 aliphatic rings. The number of methoxy groups -OCH3 is 1. The maximum absolute atomic E-state index is 13.1. The molecule has 1 aliphatic heterocycles. The van der Waals surface area contributed by atoms with Gasteiger partial charge in [-0.15, -0.1) is 10.2 Å². The molecular formula is C22H24ClN5O2S. The van der Waals surface area contributed by atoms with Crippen molar-refractivity contribution in [1.29, 1.82) is 0 Å². The number of amides is 1. The molecule has 7 nitrogen and oxygen atoms in total. The molecule has 0 unspecified atom stereocenters. The Kier molecular flexibility index (Phi) is 6.67. The van der Waals surface area contributed by atoms with E-state index in [-0.39, 0.29) is 11.9 Å². The smallest absolute Gasteiger partial charge is 0.236 e. The lowest BCUT2D eigenvalue weighted by Crippen LogP contribution is -2.44. The second-order valence-electron chi connectivity index (χ2n) is 7.19. The molecule has 2 aromatic carbocycles. The third-order valence-electron chi connectivity index (χ3n) is 5.09. The van der Waals surface area contributed by atoms with Gasteiger partial charge >= 0.3 is 0 Å². The summed E-state index contributed by atoms with van der Waals surface area (Å²) in [7, 11) is 1.58. The zero-order valence-electron chi connectivity index (χ0n) is 17.3. The van der Waals surface area contributed by atoms with Crippen molar-refractivity contribution < 1.29 is 9.53 Å². The number of nitrogens with zero attached hydrogens (tertiary/aromatic N) is 3. The van der Waals surface area contributed by atoms with E-state index in [4.69, 9.17) is 16.3 Å². The van der Waals surface area contributed by atoms with Crippen LogP contribution < -0.4 is 15.5 Å². The van der Waals surface area contributed by atoms with E-state index in [0.29, 0.717) is 28.3 Å². The minimum atomic E-state index is -0.429. The van der Waals surface area contributed by atoms with Gasteiger partial charge in [-0.1, -0.05) is 73.1 Å². The molecule has 0 radical (unpaired) electrons. The van der Waals surface area contributed by atoms with Gasteiger partial charge < -0.3 is 15.5 Å². The standard InChI is InChI=1S/C22H24ClN5O2S/c1-3-4-12-24-21(29)19-18(15-10-11-17(30-2)16(23)13-15)27-28-20(25-26-22(28)31-19)14-8-6-5-7-9-14/h5-11,13,18-19,27H,3-4,12H2,1-2H3,(H,24,29)/t18-,19+/m0/s1. The number of carbonyl (C=O) groups excluding carboxylic acids is 1. The van der Waals surface area contributed by atoms with Gasteiger partial charge in [-0.05, 0) is 24.1 Å². The number of thioether (sulfide) groups is 1. The molecule has 2 atom stereocenters. The van der Waals surface area contributed by atoms with Crippen LogP contribution in [-0.2, 0) is 4.79 Å². The highest BCUT2D eigenvalue weighted by molar-refractivity contribution is 8.00. The molecule has 0 spiro atoms. The Bertz CT molecular complexity index is 1060. The van der Waals surface area contributed by atoms with Crippen LogP contribution in [0.4, 0.5) is 0 Å². The number of unbranched alkanes of at least 4 members (excludes halogenated alkanes) is 1. The van der Waals surface area contributed by atoms with Crippen LogP contribution in [0.3, 0.4) is 0 Å². The summed E-state index contributed by atoms with van der Waals surface area (Å²) in [6, 6.07) is 15.1. The van der Waals surface area contributed by atoms with Crippen LogP contribution >= 0.6 is 23.4 Å². The first-order chi connectivity index (χ1) is 15.1. The van der Waals surface area contributed by atoms with E-state index >= 15 is 0 Å². The molecule has 31 heavy (non-hydrogen) atoms. The van der Waals surface area contributed by atoms with Crippen LogP contribution in [-0.4, -0.2) is 39.7 Å². The van der Waals surface area contributed by atoms with E-state index in [9.17, 15) is 4.79 Å². The Morgan fingerprint density at radius 2 is 2.06 bits per heavy atom. The number of hydrogen-bond donors (Lipinski definition) is 2. The Balaban J connectivity index is 1.70. The van der Waals surface area contributed by atoms with E-state index in [1.54, 1.807) is 7.11 Å². The summed E-state index contributed by atoms with van der Waals surface area (Å²) in [5.74, 6) is 1.24. The maximum Gasteiger partial charge on any atom is 0.236 e. The molecule has 3 aromatic rings. The number of fused-ring (bicyclic) bond motifs is 1. The van der Waals surface area contributed by atoms with Crippen LogP contribution in [0.1, 0.15) is 31.4 Å². The molecule has 0 saturated carbocycles. The van der Waals surface area contributed by atoms with Crippen LogP contribution in [0.25, 0.3) is 11.4 Å². The third-order valence-corrected chi connectivity index (χ3v) is 6.60. The number of aromatic nitrogens is 3. The van der Waals surface area contributed by atoms with Gasteiger partial charge in [0.15, 0.2) is 5.82 Å². The lowest BCUT2D eigenvalue weighted by atomic mass is 10.0. The topological polar surface area (TPSA) is 81.1 Å². The van der Waals surface area contributed by atoms with E-state index in [0.717, 1.165) is 24.0 Å². The van der Waals surface area contributed by atoms with Gasteiger partial charge in [0.2, 0.25) is 11.1 Å². The largest absolute Gasteiger partial charge is 0.495 e. The molecule has 162 valence electrons. The first kappa shape index (κ1) is 21.5. The molecule has 4 rings (SSSR count). The maximum atomic E-state index is 13.1. The van der Waals surface area contributed by atoms with Crippen molar-refractivity contribution in [1.82, 2.24) is 20.2 Å². The molecule has 0 bridgehead atoms. The predicted molar refractivity (Wildman–Crippen MR) is 123 cm³/mol. The van der Waals surface area contributed by atoms with Crippen LogP contribution in [0.5, 0.6) is 5.75 Å². The minimum absolute atomic E-state index is 0.0431. The highest BCUT2D eigenvalue weighted by atomic mass is 35.5. The predicted octanol–water partition coefficient (Wildman–Crippen LogP) is 4.28. The van der Waals surface area contributed by atoms with E-state index in [1.807, 2.05) is 53.2 Å². The van der Waals surface area contributed by atoms with Crippen molar-refractivity contribution in [2.24, 2.45) is 0 Å². The van der Waals surface area contributed by atoms with Crippen molar-refractivity contribution >= 4 is 29.3 Å². The number of ether oxygens (including phenoxy) is 1. The molecule has 1 amide bonds. The second kappa shape index (κ2) is 9.62. The van der Waals surface area contributed by atoms with Crippen LogP contribution in [0.15, 0.2) is 53.7 Å². The van der Waals surface area contributed by atoms with Gasteiger partial charge in [0, 0.05) is 12.1 Å². The third kappa shape index (κ3) is 4.50. The fourth-order valence-corrected chi connectivity index (χ4v) is 4.81. The summed E-state index contributed by atoms with van der Waals surface area (Å²) >= 11 is 7.79. The average Bonchev–Trinajstić information content (AvgIpc) is 3.22. The van der Waals surface area contributed by atoms with Gasteiger partial charge in [-0.3, -0.25) is 4.79 Å². The van der Waals surface area contributed by atoms with Crippen LogP contribution in [0, 0.1) is 0 Å². The van der Waals surface area contributed by atoms with Crippen molar-refractivity contribution in [3.63, 3.8) is 0 Å². The number of hydrogen-bond acceptors (Lipinski definition) is 6. The minimum Gasteiger partial charge on any atom is -0.495 e. The summed E-state index contributed by atoms with van der Waals surface area (Å²) in [4.78, 5) is 13.1. The SMILES string of the molecule is CCCCNC(=O)[C@@H]1Sc2nnc(-c3ccccc3)n2N[C@H]1c1ccc(OC)c(Cl)c1. The van der Waals surface area contributed by atoms with E-state index in [1.165, 1.54) is 11.8 Å². The quantitative estimate of drug-likeness (QED) is 0.515. The molecule has 2 heterocycles. The molecule has 0 aliphatic carbocycles. The molecule has 0 fully saturated rings. The molecule has 1 aromatic heterocycles. The van der Waals surface area contributed by atoms with Crippen LogP contribution in [0.2, 0.25) is 5.02 Å². The first-order valence-electron chi connectivity index (χ1n) is 10.2. The number of nitrogens with one attached hydrogen (secondary N) is 2. The van der Waals surface area contributed by atoms with E-state index in [2.05, 4.69) is 27.9 Å². The summed E-state index contributed by atoms with van der Waals surface area (Å²) in [5, 5.41) is 12.4. The highest BCUT2D eigenvalue weighted by Gasteiger charge is 2.38. The number of carbonyl (C=O) groups is 1. The summed E-state index contributed by atoms with van der Waals surface area (Å²) < 4.78 is 7.13. The highest BCUT2D eigenvalue weighted by Crippen LogP contribution is 2.40. The average molecular weight is 458 g/mol. The Labute approximate surface area is 190 Å². The molecular weight excluding hydrogens is 434 g/mol. The molecule has 0 saturated heterocycles. The second-order valence-corrected chi connectivity index (χ2v) is 8.71. The fourth-order valence-electron chi connectivity index (χ4n) is 3.44. The Hall–Kier alpha value is -2.71. The fraction of sp³-hybridized carbons (Fsp3) is 0.318. The van der Waals surface area contributed by atoms with Gasteiger partial charge in [0.05, 0.1) is 18.2 Å². The normalized spacial score (nSPS) is 17.5. The van der Waals surface area contributed by atoms with Crippen molar-refractivity contribution in [2.45, 2.75) is 36.2 Å². The van der Waals surface area contributed by atoms with E-state index < -0.39 is 5.25 Å². The first-order valence-corrected chi connectivity index (χ1v) is 11.4. The summed E-state index contributed by atoms with van der Waals surface area (Å²) in [5.41, 5.74) is 5.28. The van der Waals surface area contributed by atoms with Gasteiger partial charge in [-0.2, -0.15) is 0 Å². The summed E-state index contributed by atoms with van der Waals surface area (Å²) in [6.07, 6.45) is 1.95. The van der Waals surface area contributed by atoms with Gasteiger partial charge in [0.1, 0.15) is 11.0 Å². The monoisotopic (exact) mass is 457 g/mol. The number of benzene rings is 2. The summed E-state index contributed by atoms with van der Waals surface area (Å²) in [6.45, 7) is 2.74. The number of rotatable bonds is 7. The lowest BCUT2D eigenvalue weighted by Gasteiger charge is -2.33. The lowest BCUT2D eigenvalue weighted by molar-refractivity contribution is -0.120. The zero-order valence-corrected chi connectivity index (χ0v) is 18.9. The molecule has 2 N–H and O–H groups in total. The number of halogens is 1. The Morgan fingerprint density at radius 1 is 1.26 bits per heavy atom. The molecule has 9 heteroatoms.